The lowest BCUT2D eigenvalue weighted by atomic mass is 10.0. The summed E-state index contributed by atoms with van der Waals surface area (Å²) in [7, 11) is 0. The molecule has 1 rings (SSSR count). The zero-order chi connectivity index (χ0) is 15.0. The van der Waals surface area contributed by atoms with Gasteiger partial charge < -0.3 is 15.1 Å². The first-order valence-corrected chi connectivity index (χ1v) is 7.12. The summed E-state index contributed by atoms with van der Waals surface area (Å²) in [5, 5.41) is 5.59. The Labute approximate surface area is 120 Å². The summed E-state index contributed by atoms with van der Waals surface area (Å²) in [5.74, 6) is 0.781. The molecule has 0 spiro atoms. The Morgan fingerprint density at radius 1 is 1.35 bits per heavy atom. The van der Waals surface area contributed by atoms with Gasteiger partial charge in [0.15, 0.2) is 0 Å². The van der Waals surface area contributed by atoms with E-state index >= 15 is 0 Å². The SMILES string of the molecule is CCCC(=O)N[C@@H](CC(C)C)C(=O)NCc1ccco1. The Balaban J connectivity index is 2.52. The van der Waals surface area contributed by atoms with Gasteiger partial charge in [-0.1, -0.05) is 20.8 Å². The van der Waals surface area contributed by atoms with Gasteiger partial charge >= 0.3 is 0 Å². The molecule has 0 aliphatic heterocycles. The molecule has 1 aromatic rings. The monoisotopic (exact) mass is 280 g/mol. The van der Waals surface area contributed by atoms with Gasteiger partial charge in [-0.05, 0) is 30.9 Å². The molecular weight excluding hydrogens is 256 g/mol. The van der Waals surface area contributed by atoms with Crippen LogP contribution in [-0.2, 0) is 16.1 Å². The van der Waals surface area contributed by atoms with Gasteiger partial charge in [0.25, 0.3) is 0 Å². The summed E-state index contributed by atoms with van der Waals surface area (Å²) in [4.78, 5) is 23.8. The molecule has 0 unspecified atom stereocenters. The Morgan fingerprint density at radius 2 is 2.10 bits per heavy atom. The van der Waals surface area contributed by atoms with Gasteiger partial charge in [0.2, 0.25) is 11.8 Å². The largest absolute Gasteiger partial charge is 0.467 e. The van der Waals surface area contributed by atoms with Crippen LogP contribution in [0.3, 0.4) is 0 Å². The summed E-state index contributed by atoms with van der Waals surface area (Å²) in [6.45, 7) is 6.33. The summed E-state index contributed by atoms with van der Waals surface area (Å²) in [6, 6.07) is 3.09. The third-order valence-electron chi connectivity index (χ3n) is 2.85. The molecular formula is C15H24N2O3. The average Bonchev–Trinajstić information content (AvgIpc) is 2.88. The fourth-order valence-electron chi connectivity index (χ4n) is 1.91. The summed E-state index contributed by atoms with van der Waals surface area (Å²) in [6.07, 6.45) is 3.41. The van der Waals surface area contributed by atoms with E-state index in [4.69, 9.17) is 4.42 Å². The molecule has 0 aromatic carbocycles. The minimum Gasteiger partial charge on any atom is -0.467 e. The minimum atomic E-state index is -0.482. The number of nitrogens with one attached hydrogen (secondary N) is 2. The van der Waals surface area contributed by atoms with E-state index in [-0.39, 0.29) is 11.8 Å². The van der Waals surface area contributed by atoms with Crippen LogP contribution in [0.5, 0.6) is 0 Å². The maximum absolute atomic E-state index is 12.1. The zero-order valence-electron chi connectivity index (χ0n) is 12.4. The van der Waals surface area contributed by atoms with Crippen molar-refractivity contribution >= 4 is 11.8 Å². The number of hydrogen-bond acceptors (Lipinski definition) is 3. The summed E-state index contributed by atoms with van der Waals surface area (Å²) in [5.41, 5.74) is 0. The first-order chi connectivity index (χ1) is 9.52. The first-order valence-electron chi connectivity index (χ1n) is 7.12. The van der Waals surface area contributed by atoms with Crippen molar-refractivity contribution in [3.05, 3.63) is 24.2 Å². The molecule has 2 amide bonds. The van der Waals surface area contributed by atoms with E-state index in [0.29, 0.717) is 31.1 Å². The molecule has 112 valence electrons. The van der Waals surface area contributed by atoms with E-state index < -0.39 is 6.04 Å². The van der Waals surface area contributed by atoms with Crippen molar-refractivity contribution in [3.63, 3.8) is 0 Å². The lowest BCUT2D eigenvalue weighted by Crippen LogP contribution is -2.47. The first kappa shape index (κ1) is 16.3. The predicted molar refractivity (Wildman–Crippen MR) is 76.8 cm³/mol. The third-order valence-corrected chi connectivity index (χ3v) is 2.85. The van der Waals surface area contributed by atoms with Crippen LogP contribution in [0.4, 0.5) is 0 Å². The number of furan rings is 1. The molecule has 1 aromatic heterocycles. The molecule has 0 saturated carbocycles. The normalized spacial score (nSPS) is 12.2. The van der Waals surface area contributed by atoms with E-state index in [0.717, 1.165) is 6.42 Å². The molecule has 0 saturated heterocycles. The molecule has 1 heterocycles. The third kappa shape index (κ3) is 5.91. The molecule has 5 heteroatoms. The van der Waals surface area contributed by atoms with Gasteiger partial charge in [-0.25, -0.2) is 0 Å². The zero-order valence-corrected chi connectivity index (χ0v) is 12.4. The quantitative estimate of drug-likeness (QED) is 0.767. The smallest absolute Gasteiger partial charge is 0.242 e. The van der Waals surface area contributed by atoms with Crippen molar-refractivity contribution < 1.29 is 14.0 Å². The highest BCUT2D eigenvalue weighted by Crippen LogP contribution is 2.06. The Kier molecular flexibility index (Phi) is 6.84. The molecule has 0 aliphatic rings. The van der Waals surface area contributed by atoms with Crippen molar-refractivity contribution in [2.75, 3.05) is 0 Å². The Hall–Kier alpha value is -1.78. The lowest BCUT2D eigenvalue weighted by molar-refractivity contribution is -0.129. The van der Waals surface area contributed by atoms with Crippen LogP contribution in [0.15, 0.2) is 22.8 Å². The van der Waals surface area contributed by atoms with E-state index in [2.05, 4.69) is 10.6 Å². The molecule has 0 fully saturated rings. The number of carbonyl (C=O) groups is 2. The van der Waals surface area contributed by atoms with Gasteiger partial charge in [0.05, 0.1) is 12.8 Å². The van der Waals surface area contributed by atoms with Crippen LogP contribution >= 0.6 is 0 Å². The van der Waals surface area contributed by atoms with Crippen LogP contribution in [0, 0.1) is 5.92 Å². The molecule has 2 N–H and O–H groups in total. The van der Waals surface area contributed by atoms with Crippen LogP contribution in [0.25, 0.3) is 0 Å². The van der Waals surface area contributed by atoms with Gasteiger partial charge in [-0.2, -0.15) is 0 Å². The van der Waals surface area contributed by atoms with Gasteiger partial charge in [0.1, 0.15) is 11.8 Å². The van der Waals surface area contributed by atoms with Crippen LogP contribution < -0.4 is 10.6 Å². The number of amides is 2. The number of rotatable bonds is 8. The molecule has 5 nitrogen and oxygen atoms in total. The van der Waals surface area contributed by atoms with Gasteiger partial charge in [-0.15, -0.1) is 0 Å². The number of hydrogen-bond donors (Lipinski definition) is 2. The Bertz CT molecular complexity index is 413. The molecule has 1 atom stereocenters. The Morgan fingerprint density at radius 3 is 2.65 bits per heavy atom. The fraction of sp³-hybridized carbons (Fsp3) is 0.600. The maximum atomic E-state index is 12.1. The molecule has 0 bridgehead atoms. The highest BCUT2D eigenvalue weighted by atomic mass is 16.3. The topological polar surface area (TPSA) is 71.3 Å². The average molecular weight is 280 g/mol. The molecule has 0 radical (unpaired) electrons. The molecule has 20 heavy (non-hydrogen) atoms. The highest BCUT2D eigenvalue weighted by molar-refractivity contribution is 5.87. The standard InChI is InChI=1S/C15H24N2O3/c1-4-6-14(18)17-13(9-11(2)3)15(19)16-10-12-7-5-8-20-12/h5,7-8,11,13H,4,6,9-10H2,1-3H3,(H,16,19)(H,17,18)/t13-/m0/s1. The van der Waals surface area contributed by atoms with Crippen LogP contribution in [-0.4, -0.2) is 17.9 Å². The maximum Gasteiger partial charge on any atom is 0.242 e. The lowest BCUT2D eigenvalue weighted by Gasteiger charge is -2.19. The second-order valence-electron chi connectivity index (χ2n) is 5.30. The summed E-state index contributed by atoms with van der Waals surface area (Å²) < 4.78 is 5.16. The van der Waals surface area contributed by atoms with E-state index in [1.165, 1.54) is 0 Å². The van der Waals surface area contributed by atoms with Crippen molar-refractivity contribution in [2.45, 2.75) is 52.6 Å². The fourth-order valence-corrected chi connectivity index (χ4v) is 1.91. The van der Waals surface area contributed by atoms with Gasteiger partial charge in [0, 0.05) is 6.42 Å². The summed E-state index contributed by atoms with van der Waals surface area (Å²) >= 11 is 0. The van der Waals surface area contributed by atoms with Crippen molar-refractivity contribution in [3.8, 4) is 0 Å². The van der Waals surface area contributed by atoms with E-state index in [1.807, 2.05) is 20.8 Å². The highest BCUT2D eigenvalue weighted by Gasteiger charge is 2.21. The number of carbonyl (C=O) groups excluding carboxylic acids is 2. The predicted octanol–water partition coefficient (Wildman–Crippen LogP) is 2.23. The van der Waals surface area contributed by atoms with Crippen molar-refractivity contribution in [2.24, 2.45) is 5.92 Å². The van der Waals surface area contributed by atoms with Crippen molar-refractivity contribution in [1.82, 2.24) is 10.6 Å². The van der Waals surface area contributed by atoms with E-state index in [9.17, 15) is 9.59 Å². The van der Waals surface area contributed by atoms with Crippen molar-refractivity contribution in [1.29, 1.82) is 0 Å². The molecule has 0 aliphatic carbocycles. The van der Waals surface area contributed by atoms with Crippen LogP contribution in [0.2, 0.25) is 0 Å². The second-order valence-corrected chi connectivity index (χ2v) is 5.30. The van der Waals surface area contributed by atoms with Crippen LogP contribution in [0.1, 0.15) is 45.8 Å². The van der Waals surface area contributed by atoms with Gasteiger partial charge in [-0.3, -0.25) is 9.59 Å². The second kappa shape index (κ2) is 8.40. The van der Waals surface area contributed by atoms with E-state index in [1.54, 1.807) is 18.4 Å². The minimum absolute atomic E-state index is 0.0775.